The molecule has 0 saturated carbocycles. The predicted molar refractivity (Wildman–Crippen MR) is 74.4 cm³/mol. The molecule has 1 amide bonds. The second-order valence-electron chi connectivity index (χ2n) is 4.67. The van der Waals surface area contributed by atoms with Gasteiger partial charge in [0.2, 0.25) is 0 Å². The van der Waals surface area contributed by atoms with Crippen LogP contribution in [0.25, 0.3) is 0 Å². The molecule has 0 aromatic carbocycles. The van der Waals surface area contributed by atoms with Gasteiger partial charge in [0, 0.05) is 11.4 Å². The summed E-state index contributed by atoms with van der Waals surface area (Å²) in [6, 6.07) is 3.35. The first-order valence-electron chi connectivity index (χ1n) is 6.67. The van der Waals surface area contributed by atoms with Crippen molar-refractivity contribution in [3.05, 3.63) is 21.9 Å². The maximum atomic E-state index is 12.5. The van der Waals surface area contributed by atoms with Crippen LogP contribution in [0.3, 0.4) is 0 Å². The molecular weight excluding hydrogens is 262 g/mol. The van der Waals surface area contributed by atoms with E-state index in [0.717, 1.165) is 17.7 Å². The first kappa shape index (κ1) is 14.1. The van der Waals surface area contributed by atoms with E-state index >= 15 is 0 Å². The van der Waals surface area contributed by atoms with E-state index in [4.69, 9.17) is 4.74 Å². The van der Waals surface area contributed by atoms with Crippen molar-refractivity contribution in [2.75, 3.05) is 13.2 Å². The Morgan fingerprint density at radius 3 is 2.84 bits per heavy atom. The van der Waals surface area contributed by atoms with E-state index < -0.39 is 6.04 Å². The molecule has 0 spiro atoms. The highest BCUT2D eigenvalue weighted by Crippen LogP contribution is 2.24. The lowest BCUT2D eigenvalue weighted by molar-refractivity contribution is -0.149. The van der Waals surface area contributed by atoms with Crippen LogP contribution in [-0.4, -0.2) is 36.0 Å². The number of hydrogen-bond acceptors (Lipinski definition) is 4. The van der Waals surface area contributed by atoms with Crippen LogP contribution in [-0.2, 0) is 9.53 Å². The topological polar surface area (TPSA) is 46.6 Å². The van der Waals surface area contributed by atoms with Crippen molar-refractivity contribution in [3.8, 4) is 0 Å². The van der Waals surface area contributed by atoms with E-state index in [1.54, 1.807) is 11.8 Å². The third-order valence-electron chi connectivity index (χ3n) is 3.27. The minimum absolute atomic E-state index is 0.0455. The van der Waals surface area contributed by atoms with Crippen molar-refractivity contribution in [1.82, 2.24) is 4.90 Å². The van der Waals surface area contributed by atoms with Crippen molar-refractivity contribution in [2.45, 2.75) is 39.2 Å². The summed E-state index contributed by atoms with van der Waals surface area (Å²) < 4.78 is 5.07. The van der Waals surface area contributed by atoms with Crippen molar-refractivity contribution in [3.63, 3.8) is 0 Å². The van der Waals surface area contributed by atoms with Gasteiger partial charge in [0.25, 0.3) is 5.91 Å². The second kappa shape index (κ2) is 6.19. The minimum atomic E-state index is -0.413. The number of nitrogens with zero attached hydrogens (tertiary/aromatic N) is 1. The molecule has 0 aliphatic carbocycles. The van der Waals surface area contributed by atoms with Crippen LogP contribution in [0, 0.1) is 6.92 Å². The first-order chi connectivity index (χ1) is 9.13. The molecular formula is C14H19NO3S. The average Bonchev–Trinajstić information content (AvgIpc) is 2.85. The molecule has 0 N–H and O–H groups in total. The quantitative estimate of drug-likeness (QED) is 0.800. The van der Waals surface area contributed by atoms with Crippen LogP contribution in [0.15, 0.2) is 12.1 Å². The fraction of sp³-hybridized carbons (Fsp3) is 0.571. The van der Waals surface area contributed by atoms with E-state index in [2.05, 4.69) is 0 Å². The Hall–Kier alpha value is -1.36. The fourth-order valence-electron chi connectivity index (χ4n) is 2.35. The Morgan fingerprint density at radius 1 is 1.42 bits per heavy atom. The molecule has 1 aliphatic rings. The van der Waals surface area contributed by atoms with Crippen LogP contribution < -0.4 is 0 Å². The predicted octanol–water partition coefficient (Wildman–Crippen LogP) is 2.61. The summed E-state index contributed by atoms with van der Waals surface area (Å²) in [6.07, 6.45) is 2.62. The molecule has 19 heavy (non-hydrogen) atoms. The van der Waals surface area contributed by atoms with Gasteiger partial charge in [0.1, 0.15) is 6.04 Å². The van der Waals surface area contributed by atoms with Crippen molar-refractivity contribution in [2.24, 2.45) is 0 Å². The van der Waals surface area contributed by atoms with E-state index in [1.165, 1.54) is 11.3 Å². The molecule has 1 saturated heterocycles. The molecule has 1 atom stereocenters. The van der Waals surface area contributed by atoms with Gasteiger partial charge >= 0.3 is 5.97 Å². The summed E-state index contributed by atoms with van der Waals surface area (Å²) in [4.78, 5) is 27.9. The number of hydrogen-bond donors (Lipinski definition) is 0. The Labute approximate surface area is 117 Å². The van der Waals surface area contributed by atoms with Crippen LogP contribution >= 0.6 is 11.3 Å². The highest BCUT2D eigenvalue weighted by atomic mass is 32.1. The Kier molecular flexibility index (Phi) is 4.58. The summed E-state index contributed by atoms with van der Waals surface area (Å²) in [5.41, 5.74) is 0. The molecule has 1 aromatic heterocycles. The third-order valence-corrected chi connectivity index (χ3v) is 4.26. The normalized spacial score (nSPS) is 19.3. The molecule has 1 aliphatic heterocycles. The molecule has 0 bridgehead atoms. The highest BCUT2D eigenvalue weighted by molar-refractivity contribution is 7.13. The lowest BCUT2D eigenvalue weighted by atomic mass is 10.0. The Morgan fingerprint density at radius 2 is 2.21 bits per heavy atom. The molecule has 4 nitrogen and oxygen atoms in total. The summed E-state index contributed by atoms with van der Waals surface area (Å²) in [7, 11) is 0. The van der Waals surface area contributed by atoms with Gasteiger partial charge < -0.3 is 9.64 Å². The zero-order valence-corrected chi connectivity index (χ0v) is 12.2. The van der Waals surface area contributed by atoms with Crippen LogP contribution in [0.2, 0.25) is 0 Å². The van der Waals surface area contributed by atoms with Gasteiger partial charge in [-0.05, 0) is 45.2 Å². The van der Waals surface area contributed by atoms with Crippen LogP contribution in [0.4, 0.5) is 0 Å². The Balaban J connectivity index is 2.15. The molecule has 1 fully saturated rings. The lowest BCUT2D eigenvalue weighted by Crippen LogP contribution is -2.48. The molecule has 0 radical (unpaired) electrons. The zero-order valence-electron chi connectivity index (χ0n) is 11.3. The molecule has 1 unspecified atom stereocenters. The van der Waals surface area contributed by atoms with Crippen LogP contribution in [0.1, 0.15) is 40.7 Å². The SMILES string of the molecule is CCOC(=O)C1CCCCN1C(=O)c1ccc(C)s1. The number of amides is 1. The molecule has 2 heterocycles. The smallest absolute Gasteiger partial charge is 0.328 e. The van der Waals surface area contributed by atoms with Gasteiger partial charge in [-0.1, -0.05) is 0 Å². The van der Waals surface area contributed by atoms with E-state index in [0.29, 0.717) is 24.4 Å². The largest absolute Gasteiger partial charge is 0.464 e. The number of rotatable bonds is 3. The van der Waals surface area contributed by atoms with Gasteiger partial charge in [-0.2, -0.15) is 0 Å². The van der Waals surface area contributed by atoms with Crippen molar-refractivity contribution >= 4 is 23.2 Å². The number of ether oxygens (including phenoxy) is 1. The van der Waals surface area contributed by atoms with Gasteiger partial charge in [-0.3, -0.25) is 4.79 Å². The molecule has 5 heteroatoms. The van der Waals surface area contributed by atoms with Crippen LogP contribution in [0.5, 0.6) is 0 Å². The molecule has 2 rings (SSSR count). The average molecular weight is 281 g/mol. The molecule has 104 valence electrons. The number of esters is 1. The summed E-state index contributed by atoms with van der Waals surface area (Å²) in [5.74, 6) is -0.320. The maximum absolute atomic E-state index is 12.5. The number of carbonyl (C=O) groups excluding carboxylic acids is 2. The van der Waals surface area contributed by atoms with Gasteiger partial charge in [-0.25, -0.2) is 4.79 Å². The number of carbonyl (C=O) groups is 2. The lowest BCUT2D eigenvalue weighted by Gasteiger charge is -2.33. The number of aryl methyl sites for hydroxylation is 1. The summed E-state index contributed by atoms with van der Waals surface area (Å²) in [5, 5.41) is 0. The van der Waals surface area contributed by atoms with Gasteiger partial charge in [-0.15, -0.1) is 11.3 Å². The molecule has 1 aromatic rings. The van der Waals surface area contributed by atoms with E-state index in [-0.39, 0.29) is 11.9 Å². The van der Waals surface area contributed by atoms with E-state index in [9.17, 15) is 9.59 Å². The monoisotopic (exact) mass is 281 g/mol. The van der Waals surface area contributed by atoms with Crippen molar-refractivity contribution in [1.29, 1.82) is 0 Å². The maximum Gasteiger partial charge on any atom is 0.328 e. The zero-order chi connectivity index (χ0) is 13.8. The highest BCUT2D eigenvalue weighted by Gasteiger charge is 2.33. The fourth-order valence-corrected chi connectivity index (χ4v) is 3.17. The standard InChI is InChI=1S/C14H19NO3S/c1-3-18-14(17)11-6-4-5-9-15(11)13(16)12-8-7-10(2)19-12/h7-8,11H,3-6,9H2,1-2H3. The number of likely N-dealkylation sites (tertiary alicyclic amines) is 1. The Bertz CT molecular complexity index is 469. The van der Waals surface area contributed by atoms with E-state index in [1.807, 2.05) is 19.1 Å². The minimum Gasteiger partial charge on any atom is -0.464 e. The van der Waals surface area contributed by atoms with Crippen molar-refractivity contribution < 1.29 is 14.3 Å². The summed E-state index contributed by atoms with van der Waals surface area (Å²) >= 11 is 1.47. The number of piperidine rings is 1. The van der Waals surface area contributed by atoms with Gasteiger partial charge in [0.15, 0.2) is 0 Å². The van der Waals surface area contributed by atoms with Gasteiger partial charge in [0.05, 0.1) is 11.5 Å². The third kappa shape index (κ3) is 3.15. The summed E-state index contributed by atoms with van der Waals surface area (Å²) in [6.45, 7) is 4.75. The first-order valence-corrected chi connectivity index (χ1v) is 7.49. The number of thiophene rings is 1. The second-order valence-corrected chi connectivity index (χ2v) is 5.96.